The van der Waals surface area contributed by atoms with E-state index in [9.17, 15) is 9.59 Å². The number of hydrogen-bond acceptors (Lipinski definition) is 8. The zero-order chi connectivity index (χ0) is 29.5. The molecular weight excluding hydrogens is 564 g/mol. The Bertz CT molecular complexity index is 1480. The van der Waals surface area contributed by atoms with E-state index in [1.54, 1.807) is 37.3 Å². The molecule has 9 nitrogen and oxygen atoms in total. The van der Waals surface area contributed by atoms with Crippen LogP contribution in [0.25, 0.3) is 0 Å². The van der Waals surface area contributed by atoms with Crippen molar-refractivity contribution in [1.29, 1.82) is 0 Å². The molecule has 0 saturated heterocycles. The minimum absolute atomic E-state index is 0.0819. The normalized spacial score (nSPS) is 14.5. The average molecular weight is 595 g/mol. The molecule has 11 heteroatoms. The van der Waals surface area contributed by atoms with Crippen LogP contribution in [-0.4, -0.2) is 44.1 Å². The van der Waals surface area contributed by atoms with E-state index >= 15 is 0 Å². The van der Waals surface area contributed by atoms with Crippen molar-refractivity contribution in [2.45, 2.75) is 19.9 Å². The van der Waals surface area contributed by atoms with Gasteiger partial charge in [0.15, 0.2) is 16.7 Å². The molecule has 3 aromatic carbocycles. The Balaban J connectivity index is 1.65. The van der Waals surface area contributed by atoms with Crippen molar-refractivity contribution >= 4 is 51.7 Å². The van der Waals surface area contributed by atoms with Crippen molar-refractivity contribution in [3.8, 4) is 17.2 Å². The summed E-state index contributed by atoms with van der Waals surface area (Å²) in [5.74, 6) is 0.835. The van der Waals surface area contributed by atoms with Gasteiger partial charge in [-0.25, -0.2) is 4.99 Å². The van der Waals surface area contributed by atoms with Crippen molar-refractivity contribution in [2.75, 3.05) is 37.7 Å². The summed E-state index contributed by atoms with van der Waals surface area (Å²) in [4.78, 5) is 31.2. The van der Waals surface area contributed by atoms with Crippen molar-refractivity contribution in [1.82, 2.24) is 5.32 Å². The maximum Gasteiger partial charge on any atom is 0.255 e. The Labute approximate surface area is 248 Å². The molecule has 0 saturated carbocycles. The first-order valence-electron chi connectivity index (χ1n) is 12.6. The molecule has 1 aliphatic heterocycles. The summed E-state index contributed by atoms with van der Waals surface area (Å²) in [6.45, 7) is 3.64. The van der Waals surface area contributed by atoms with E-state index < -0.39 is 6.04 Å². The number of carbonyl (C=O) groups excluding carboxylic acids is 2. The number of amidine groups is 1. The van der Waals surface area contributed by atoms with Gasteiger partial charge in [0.1, 0.15) is 6.04 Å². The van der Waals surface area contributed by atoms with E-state index in [0.717, 1.165) is 5.56 Å². The monoisotopic (exact) mass is 594 g/mol. The van der Waals surface area contributed by atoms with Gasteiger partial charge >= 0.3 is 0 Å². The van der Waals surface area contributed by atoms with Gasteiger partial charge in [0, 0.05) is 22.1 Å². The molecule has 3 aromatic rings. The molecule has 0 spiro atoms. The predicted molar refractivity (Wildman–Crippen MR) is 164 cm³/mol. The van der Waals surface area contributed by atoms with Crippen LogP contribution in [0.2, 0.25) is 5.02 Å². The summed E-state index contributed by atoms with van der Waals surface area (Å²) in [5, 5.41) is 10.1. The average Bonchev–Trinajstić information content (AvgIpc) is 2.97. The van der Waals surface area contributed by atoms with E-state index in [1.165, 1.54) is 33.1 Å². The minimum atomic E-state index is -0.727. The number of amides is 2. The van der Waals surface area contributed by atoms with Crippen molar-refractivity contribution in [3.05, 3.63) is 88.1 Å². The van der Waals surface area contributed by atoms with Crippen molar-refractivity contribution in [3.63, 3.8) is 0 Å². The highest BCUT2D eigenvalue weighted by Crippen LogP contribution is 2.43. The third-order valence-corrected chi connectivity index (χ3v) is 7.68. The highest BCUT2D eigenvalue weighted by Gasteiger charge is 2.31. The lowest BCUT2D eigenvalue weighted by Crippen LogP contribution is -2.32. The van der Waals surface area contributed by atoms with Gasteiger partial charge in [-0.2, -0.15) is 0 Å². The summed E-state index contributed by atoms with van der Waals surface area (Å²) >= 11 is 7.41. The molecule has 0 bridgehead atoms. The van der Waals surface area contributed by atoms with Gasteiger partial charge in [-0.15, -0.1) is 0 Å². The number of halogens is 1. The number of rotatable bonds is 9. The highest BCUT2D eigenvalue weighted by molar-refractivity contribution is 8.14. The lowest BCUT2D eigenvalue weighted by Gasteiger charge is -2.27. The largest absolute Gasteiger partial charge is 0.493 e. The molecule has 0 radical (unpaired) electrons. The van der Waals surface area contributed by atoms with E-state index in [0.29, 0.717) is 55.6 Å². The lowest BCUT2D eigenvalue weighted by molar-refractivity contribution is -0.114. The lowest BCUT2D eigenvalue weighted by atomic mass is 9.95. The number of carbonyl (C=O) groups is 2. The highest BCUT2D eigenvalue weighted by atomic mass is 35.5. The van der Waals surface area contributed by atoms with Crippen LogP contribution in [0.4, 0.5) is 11.4 Å². The van der Waals surface area contributed by atoms with Crippen molar-refractivity contribution < 1.29 is 23.8 Å². The number of aliphatic imine (C=N–C) groups is 1. The first-order chi connectivity index (χ1) is 19.7. The van der Waals surface area contributed by atoms with E-state index in [1.807, 2.05) is 37.3 Å². The molecule has 1 atom stereocenters. The van der Waals surface area contributed by atoms with Crippen LogP contribution >= 0.6 is 23.4 Å². The molecule has 0 aromatic heterocycles. The Kier molecular flexibility index (Phi) is 9.80. The molecular formula is C30H31ClN4O5S. The first-order valence-corrected chi connectivity index (χ1v) is 14.0. The van der Waals surface area contributed by atoms with Crippen LogP contribution in [0.1, 0.15) is 24.1 Å². The number of hydrogen-bond donors (Lipinski definition) is 3. The van der Waals surface area contributed by atoms with Crippen LogP contribution in [-0.2, 0) is 9.59 Å². The molecule has 0 aliphatic carbocycles. The maximum absolute atomic E-state index is 13.6. The second-order valence-corrected chi connectivity index (χ2v) is 10.4. The minimum Gasteiger partial charge on any atom is -0.493 e. The SMILES string of the molecule is COc1cc([C@H]2N=C(SCC(=O)Nc3cccc(Cl)c3C)NC(C)=C2C(=O)Nc2ccccc2)cc(OC)c1OC. The molecule has 0 unspecified atom stereocenters. The topological polar surface area (TPSA) is 110 Å². The standard InChI is InChI=1S/C30H31ClN4O5S/c1-17-21(31)12-9-13-22(17)34-25(36)16-41-30-32-18(2)26(29(37)33-20-10-7-6-8-11-20)27(35-30)19-14-23(38-3)28(40-5)24(15-19)39-4/h6-15,27H,16H2,1-5H3,(H,32,35)(H,33,37)(H,34,36)/t27-/m1/s1. The number of para-hydroxylation sites is 1. The third-order valence-electron chi connectivity index (χ3n) is 6.38. The summed E-state index contributed by atoms with van der Waals surface area (Å²) in [6.07, 6.45) is 0. The molecule has 4 rings (SSSR count). The fourth-order valence-corrected chi connectivity index (χ4v) is 5.22. The number of methoxy groups -OCH3 is 3. The second-order valence-electron chi connectivity index (χ2n) is 9.03. The van der Waals surface area contributed by atoms with E-state index in [2.05, 4.69) is 16.0 Å². The Morgan fingerprint density at radius 3 is 2.27 bits per heavy atom. The molecule has 2 amide bonds. The number of allylic oxidation sites excluding steroid dienone is 1. The number of benzene rings is 3. The van der Waals surface area contributed by atoms with Gasteiger partial charge in [-0.05, 0) is 61.4 Å². The molecule has 1 heterocycles. The fraction of sp³-hybridized carbons (Fsp3) is 0.233. The predicted octanol–water partition coefficient (Wildman–Crippen LogP) is 5.96. The number of thioether (sulfide) groups is 1. The summed E-state index contributed by atoms with van der Waals surface area (Å²) in [7, 11) is 4.58. The smallest absolute Gasteiger partial charge is 0.255 e. The van der Waals surface area contributed by atoms with Crippen LogP contribution in [0.15, 0.2) is 76.9 Å². The number of anilines is 2. The van der Waals surface area contributed by atoms with Gasteiger partial charge in [0.05, 0.1) is 32.7 Å². The third kappa shape index (κ3) is 6.96. The maximum atomic E-state index is 13.6. The quantitative estimate of drug-likeness (QED) is 0.280. The van der Waals surface area contributed by atoms with Crippen LogP contribution < -0.4 is 30.2 Å². The Morgan fingerprint density at radius 1 is 0.951 bits per heavy atom. The second kappa shape index (κ2) is 13.5. The van der Waals surface area contributed by atoms with Crippen LogP contribution in [0, 0.1) is 6.92 Å². The van der Waals surface area contributed by atoms with Gasteiger partial charge in [-0.1, -0.05) is 47.6 Å². The van der Waals surface area contributed by atoms with Gasteiger partial charge in [0.25, 0.3) is 5.91 Å². The van der Waals surface area contributed by atoms with Crippen LogP contribution in [0.3, 0.4) is 0 Å². The van der Waals surface area contributed by atoms with E-state index in [4.69, 9.17) is 30.8 Å². The fourth-order valence-electron chi connectivity index (χ4n) is 4.30. The molecule has 1 aliphatic rings. The van der Waals surface area contributed by atoms with Crippen molar-refractivity contribution in [2.24, 2.45) is 4.99 Å². The van der Waals surface area contributed by atoms with Gasteiger partial charge in [-0.3, -0.25) is 9.59 Å². The number of ether oxygens (including phenoxy) is 3. The molecule has 41 heavy (non-hydrogen) atoms. The van der Waals surface area contributed by atoms with E-state index in [-0.39, 0.29) is 17.6 Å². The van der Waals surface area contributed by atoms with Gasteiger partial charge in [0.2, 0.25) is 11.7 Å². The number of nitrogens with zero attached hydrogens (tertiary/aromatic N) is 1. The Morgan fingerprint density at radius 2 is 1.63 bits per heavy atom. The van der Waals surface area contributed by atoms with Gasteiger partial charge < -0.3 is 30.2 Å². The van der Waals surface area contributed by atoms with Crippen LogP contribution in [0.5, 0.6) is 17.2 Å². The summed E-state index contributed by atoms with van der Waals surface area (Å²) in [6, 6.07) is 17.3. The molecule has 214 valence electrons. The zero-order valence-electron chi connectivity index (χ0n) is 23.3. The Hall–Kier alpha value is -4.15. The summed E-state index contributed by atoms with van der Waals surface area (Å²) in [5.41, 5.74) is 3.74. The summed E-state index contributed by atoms with van der Waals surface area (Å²) < 4.78 is 16.6. The molecule has 0 fully saturated rings. The number of nitrogens with one attached hydrogen (secondary N) is 3. The first kappa shape index (κ1) is 29.8. The zero-order valence-corrected chi connectivity index (χ0v) is 24.9. The molecule has 3 N–H and O–H groups in total.